The van der Waals surface area contributed by atoms with Crippen LogP contribution in [0.5, 0.6) is 0 Å². The highest BCUT2D eigenvalue weighted by atomic mass is 16.4. The summed E-state index contributed by atoms with van der Waals surface area (Å²) in [4.78, 5) is 43.7. The fourth-order valence-corrected chi connectivity index (χ4v) is 1.28. The molecular weight excluding hydrogens is 258 g/mol. The molecule has 0 aromatic carbocycles. The summed E-state index contributed by atoms with van der Waals surface area (Å²) >= 11 is 0. The second-order valence-electron chi connectivity index (χ2n) is 4.23. The highest BCUT2D eigenvalue weighted by Gasteiger charge is 2.26. The zero-order chi connectivity index (χ0) is 15.2. The Balaban J connectivity index is 4.60. The Morgan fingerprint density at radius 2 is 1.63 bits per heavy atom. The first-order valence-corrected chi connectivity index (χ1v) is 5.46. The van der Waals surface area contributed by atoms with Gasteiger partial charge in [-0.2, -0.15) is 0 Å². The van der Waals surface area contributed by atoms with E-state index >= 15 is 0 Å². The number of nitrogens with two attached hydrogens (primary N) is 1. The molecule has 9 heteroatoms. The van der Waals surface area contributed by atoms with Gasteiger partial charge in [-0.1, -0.05) is 13.8 Å². The largest absolute Gasteiger partial charge is 0.481 e. The van der Waals surface area contributed by atoms with Gasteiger partial charge in [0.15, 0.2) is 0 Å². The Kier molecular flexibility index (Phi) is 6.31. The standard InChI is InChI=1S/C10H17N3O6/c1-4(2)7(8(11)16)13-10(19)12-5(9(17)18)3-6(14)15/h4-5,7H,3H2,1-2H3,(H2,11,16)(H,14,15)(H,17,18)(H2,12,13,19). The summed E-state index contributed by atoms with van der Waals surface area (Å²) in [7, 11) is 0. The van der Waals surface area contributed by atoms with E-state index in [1.54, 1.807) is 13.8 Å². The first-order chi connectivity index (χ1) is 8.65. The molecule has 0 aliphatic heterocycles. The van der Waals surface area contributed by atoms with Crippen molar-refractivity contribution >= 4 is 23.9 Å². The lowest BCUT2D eigenvalue weighted by atomic mass is 10.0. The van der Waals surface area contributed by atoms with Gasteiger partial charge < -0.3 is 26.6 Å². The zero-order valence-corrected chi connectivity index (χ0v) is 10.5. The fourth-order valence-electron chi connectivity index (χ4n) is 1.28. The molecule has 0 saturated heterocycles. The topological polar surface area (TPSA) is 159 Å². The van der Waals surface area contributed by atoms with Crippen LogP contribution < -0.4 is 16.4 Å². The van der Waals surface area contributed by atoms with Gasteiger partial charge in [-0.05, 0) is 5.92 Å². The minimum atomic E-state index is -1.59. The molecule has 0 radical (unpaired) electrons. The van der Waals surface area contributed by atoms with Gasteiger partial charge in [-0.25, -0.2) is 9.59 Å². The Bertz CT molecular complexity index is 381. The van der Waals surface area contributed by atoms with E-state index < -0.39 is 42.4 Å². The van der Waals surface area contributed by atoms with Gasteiger partial charge in [0.1, 0.15) is 12.1 Å². The number of hydrogen-bond acceptors (Lipinski definition) is 4. The van der Waals surface area contributed by atoms with Gasteiger partial charge in [0, 0.05) is 0 Å². The Hall–Kier alpha value is -2.32. The highest BCUT2D eigenvalue weighted by molar-refractivity contribution is 5.89. The van der Waals surface area contributed by atoms with Crippen molar-refractivity contribution < 1.29 is 29.4 Å². The zero-order valence-electron chi connectivity index (χ0n) is 10.5. The molecule has 0 aromatic rings. The third-order valence-corrected chi connectivity index (χ3v) is 2.24. The van der Waals surface area contributed by atoms with Crippen molar-refractivity contribution in [2.24, 2.45) is 11.7 Å². The average molecular weight is 275 g/mol. The van der Waals surface area contributed by atoms with E-state index in [0.717, 1.165) is 0 Å². The number of aliphatic carboxylic acids is 2. The first kappa shape index (κ1) is 16.7. The van der Waals surface area contributed by atoms with Crippen molar-refractivity contribution in [1.82, 2.24) is 10.6 Å². The van der Waals surface area contributed by atoms with E-state index in [4.69, 9.17) is 15.9 Å². The lowest BCUT2D eigenvalue weighted by Crippen LogP contribution is -2.54. The Morgan fingerprint density at radius 1 is 1.11 bits per heavy atom. The minimum absolute atomic E-state index is 0.286. The van der Waals surface area contributed by atoms with Crippen LogP contribution in [0.3, 0.4) is 0 Å². The minimum Gasteiger partial charge on any atom is -0.481 e. The first-order valence-electron chi connectivity index (χ1n) is 5.46. The normalized spacial score (nSPS) is 13.4. The molecule has 0 bridgehead atoms. The molecule has 6 N–H and O–H groups in total. The van der Waals surface area contributed by atoms with Crippen LogP contribution in [-0.2, 0) is 14.4 Å². The number of carbonyl (C=O) groups excluding carboxylic acids is 2. The molecule has 19 heavy (non-hydrogen) atoms. The summed E-state index contributed by atoms with van der Waals surface area (Å²) in [5, 5.41) is 21.4. The predicted octanol–water partition coefficient (Wildman–Crippen LogP) is -1.28. The van der Waals surface area contributed by atoms with Crippen LogP contribution >= 0.6 is 0 Å². The number of amides is 3. The van der Waals surface area contributed by atoms with E-state index in [1.807, 2.05) is 5.32 Å². The van der Waals surface area contributed by atoms with Crippen molar-refractivity contribution in [3.05, 3.63) is 0 Å². The van der Waals surface area contributed by atoms with Crippen molar-refractivity contribution in [1.29, 1.82) is 0 Å². The number of hydrogen-bond donors (Lipinski definition) is 5. The SMILES string of the molecule is CC(C)C(NC(=O)NC(CC(=O)O)C(=O)O)C(N)=O. The molecular formula is C10H17N3O6. The molecule has 9 nitrogen and oxygen atoms in total. The quantitative estimate of drug-likeness (QED) is 0.389. The van der Waals surface area contributed by atoms with Gasteiger partial charge in [0.05, 0.1) is 6.42 Å². The third kappa shape index (κ3) is 6.24. The van der Waals surface area contributed by atoms with E-state index in [-0.39, 0.29) is 5.92 Å². The monoisotopic (exact) mass is 275 g/mol. The van der Waals surface area contributed by atoms with Crippen molar-refractivity contribution in [3.8, 4) is 0 Å². The molecule has 108 valence electrons. The maximum absolute atomic E-state index is 11.5. The summed E-state index contributed by atoms with van der Waals surface area (Å²) in [6, 6.07) is -3.52. The number of carboxylic acid groups (broad SMARTS) is 2. The number of carbonyl (C=O) groups is 4. The lowest BCUT2D eigenvalue weighted by molar-refractivity contribution is -0.145. The molecule has 0 rings (SSSR count). The second kappa shape index (κ2) is 7.19. The molecule has 0 aromatic heterocycles. The van der Waals surface area contributed by atoms with Gasteiger partial charge in [-0.3, -0.25) is 9.59 Å². The van der Waals surface area contributed by atoms with Crippen LogP contribution in [0.25, 0.3) is 0 Å². The second-order valence-corrected chi connectivity index (χ2v) is 4.23. The van der Waals surface area contributed by atoms with Crippen LogP contribution in [0.4, 0.5) is 4.79 Å². The Labute approximate surface area is 109 Å². The van der Waals surface area contributed by atoms with Crippen molar-refractivity contribution in [2.45, 2.75) is 32.4 Å². The number of primary amides is 1. The van der Waals surface area contributed by atoms with Gasteiger partial charge in [-0.15, -0.1) is 0 Å². The molecule has 2 unspecified atom stereocenters. The number of urea groups is 1. The van der Waals surface area contributed by atoms with Gasteiger partial charge in [0.25, 0.3) is 0 Å². The summed E-state index contributed by atoms with van der Waals surface area (Å²) in [6.07, 6.45) is -0.772. The molecule has 0 aliphatic carbocycles. The predicted molar refractivity (Wildman–Crippen MR) is 63.2 cm³/mol. The molecule has 0 heterocycles. The van der Waals surface area contributed by atoms with Gasteiger partial charge >= 0.3 is 18.0 Å². The summed E-state index contributed by atoms with van der Waals surface area (Å²) in [6.45, 7) is 3.28. The van der Waals surface area contributed by atoms with Crippen LogP contribution in [0.15, 0.2) is 0 Å². The summed E-state index contributed by atoms with van der Waals surface area (Å²) < 4.78 is 0. The number of nitrogens with one attached hydrogen (secondary N) is 2. The molecule has 0 aliphatic rings. The average Bonchev–Trinajstić information content (AvgIpc) is 2.23. The van der Waals surface area contributed by atoms with E-state index in [9.17, 15) is 19.2 Å². The maximum atomic E-state index is 11.5. The molecule has 0 saturated carbocycles. The van der Waals surface area contributed by atoms with Crippen molar-refractivity contribution in [2.75, 3.05) is 0 Å². The van der Waals surface area contributed by atoms with Crippen LogP contribution in [0, 0.1) is 5.92 Å². The van der Waals surface area contributed by atoms with E-state index in [2.05, 4.69) is 5.32 Å². The van der Waals surface area contributed by atoms with Crippen LogP contribution in [0.2, 0.25) is 0 Å². The van der Waals surface area contributed by atoms with Crippen LogP contribution in [0.1, 0.15) is 20.3 Å². The number of carboxylic acids is 2. The maximum Gasteiger partial charge on any atom is 0.326 e. The lowest BCUT2D eigenvalue weighted by Gasteiger charge is -2.20. The molecule has 0 fully saturated rings. The number of rotatable bonds is 7. The fraction of sp³-hybridized carbons (Fsp3) is 0.600. The Morgan fingerprint density at radius 3 is 1.95 bits per heavy atom. The third-order valence-electron chi connectivity index (χ3n) is 2.24. The molecule has 2 atom stereocenters. The van der Waals surface area contributed by atoms with Crippen LogP contribution in [-0.4, -0.2) is 46.2 Å². The molecule has 0 spiro atoms. The highest BCUT2D eigenvalue weighted by Crippen LogP contribution is 2.01. The van der Waals surface area contributed by atoms with E-state index in [0.29, 0.717) is 0 Å². The van der Waals surface area contributed by atoms with Crippen molar-refractivity contribution in [3.63, 3.8) is 0 Å². The smallest absolute Gasteiger partial charge is 0.326 e. The summed E-state index contributed by atoms with van der Waals surface area (Å²) in [5.74, 6) is -3.91. The summed E-state index contributed by atoms with van der Waals surface area (Å²) in [5.41, 5.74) is 5.07. The van der Waals surface area contributed by atoms with E-state index in [1.165, 1.54) is 0 Å². The molecule has 3 amide bonds. The van der Waals surface area contributed by atoms with Gasteiger partial charge in [0.2, 0.25) is 5.91 Å².